The van der Waals surface area contributed by atoms with Crippen LogP contribution in [0.2, 0.25) is 0 Å². The Bertz CT molecular complexity index is 1260. The van der Waals surface area contributed by atoms with Crippen LogP contribution in [0.4, 0.5) is 8.78 Å². The van der Waals surface area contributed by atoms with Gasteiger partial charge in [-0.25, -0.2) is 8.78 Å². The second-order valence-corrected chi connectivity index (χ2v) is 9.81. The first-order valence-corrected chi connectivity index (χ1v) is 12.7. The average Bonchev–Trinajstić information content (AvgIpc) is 3.31. The van der Waals surface area contributed by atoms with Crippen LogP contribution in [0.15, 0.2) is 109 Å². The molecule has 196 valence electrons. The molecule has 0 bridgehead atoms. The van der Waals surface area contributed by atoms with Crippen LogP contribution in [-0.2, 0) is 20.6 Å². The Labute approximate surface area is 221 Å². The van der Waals surface area contributed by atoms with Crippen LogP contribution in [0, 0.1) is 17.6 Å². The minimum atomic E-state index is -1.43. The van der Waals surface area contributed by atoms with Crippen molar-refractivity contribution in [1.29, 1.82) is 0 Å². The van der Waals surface area contributed by atoms with Crippen molar-refractivity contribution in [3.63, 3.8) is 0 Å². The van der Waals surface area contributed by atoms with Gasteiger partial charge in [0.2, 0.25) is 0 Å². The maximum Gasteiger partial charge on any atom is 0.163 e. The molecule has 3 unspecified atom stereocenters. The van der Waals surface area contributed by atoms with E-state index in [1.807, 2.05) is 97.9 Å². The summed E-state index contributed by atoms with van der Waals surface area (Å²) in [6.07, 6.45) is -1.29. The molecule has 1 aliphatic heterocycles. The van der Waals surface area contributed by atoms with Crippen LogP contribution in [0.3, 0.4) is 0 Å². The quantitative estimate of drug-likeness (QED) is 0.303. The van der Waals surface area contributed by atoms with E-state index in [1.165, 1.54) is 12.1 Å². The molecule has 4 aromatic carbocycles. The fraction of sp³-hybridized carbons (Fsp3) is 0.250. The smallest absolute Gasteiger partial charge is 0.163 e. The third kappa shape index (κ3) is 4.44. The number of nitrogens with two attached hydrogens (primary N) is 1. The number of rotatable bonds is 8. The largest absolute Gasteiger partial charge is 0.396 e. The van der Waals surface area contributed by atoms with Crippen LogP contribution in [0.5, 0.6) is 0 Å². The van der Waals surface area contributed by atoms with Gasteiger partial charge < -0.3 is 20.3 Å². The molecule has 4 atom stereocenters. The summed E-state index contributed by atoms with van der Waals surface area (Å²) in [6, 6.07) is 33.6. The van der Waals surface area contributed by atoms with Crippen molar-refractivity contribution in [2.45, 2.75) is 30.3 Å². The van der Waals surface area contributed by atoms with Crippen LogP contribution in [0.25, 0.3) is 0 Å². The Kier molecular flexibility index (Phi) is 7.41. The van der Waals surface area contributed by atoms with E-state index in [9.17, 15) is 13.9 Å². The SMILES string of the molecule is C[C@@H](OC(c1ccccc1)(c1ccccc1)c1ccccc1)C1OCC(N)(c2cccc(F)c2F)C1CO. The fourth-order valence-corrected chi connectivity index (χ4v) is 5.69. The van der Waals surface area contributed by atoms with E-state index in [-0.39, 0.29) is 18.8 Å². The monoisotopic (exact) mass is 515 g/mol. The maximum absolute atomic E-state index is 14.8. The van der Waals surface area contributed by atoms with Crippen LogP contribution in [-0.4, -0.2) is 30.5 Å². The summed E-state index contributed by atoms with van der Waals surface area (Å²) in [6.45, 7) is 1.39. The van der Waals surface area contributed by atoms with Gasteiger partial charge in [-0.3, -0.25) is 0 Å². The molecule has 0 saturated carbocycles. The van der Waals surface area contributed by atoms with Crippen molar-refractivity contribution in [3.8, 4) is 0 Å². The summed E-state index contributed by atoms with van der Waals surface area (Å²) >= 11 is 0. The normalized spacial score (nSPS) is 22.3. The Morgan fingerprint density at radius 3 is 1.84 bits per heavy atom. The van der Waals surface area contributed by atoms with Crippen LogP contribution < -0.4 is 5.73 Å². The second kappa shape index (κ2) is 10.8. The molecule has 0 aliphatic carbocycles. The molecule has 0 aromatic heterocycles. The lowest BCUT2D eigenvalue weighted by molar-refractivity contribution is -0.111. The summed E-state index contributed by atoms with van der Waals surface area (Å²) < 4.78 is 42.1. The highest BCUT2D eigenvalue weighted by Gasteiger charge is 2.53. The number of ether oxygens (including phenoxy) is 2. The van der Waals surface area contributed by atoms with Gasteiger partial charge in [-0.05, 0) is 29.7 Å². The zero-order chi connectivity index (χ0) is 26.8. The second-order valence-electron chi connectivity index (χ2n) is 9.81. The van der Waals surface area contributed by atoms with Gasteiger partial charge in [-0.2, -0.15) is 0 Å². The first kappa shape index (κ1) is 26.2. The number of hydrogen-bond acceptors (Lipinski definition) is 4. The molecule has 0 radical (unpaired) electrons. The highest BCUT2D eigenvalue weighted by molar-refractivity contribution is 5.47. The van der Waals surface area contributed by atoms with Crippen molar-refractivity contribution in [3.05, 3.63) is 143 Å². The number of halogens is 2. The molecule has 1 aliphatic rings. The van der Waals surface area contributed by atoms with Crippen LogP contribution >= 0.6 is 0 Å². The lowest BCUT2D eigenvalue weighted by Gasteiger charge is -2.41. The highest BCUT2D eigenvalue weighted by Crippen LogP contribution is 2.45. The third-order valence-electron chi connectivity index (χ3n) is 7.59. The molecule has 5 rings (SSSR count). The topological polar surface area (TPSA) is 64.7 Å². The predicted molar refractivity (Wildman–Crippen MR) is 142 cm³/mol. The van der Waals surface area contributed by atoms with Crippen molar-refractivity contribution in [2.24, 2.45) is 11.7 Å². The van der Waals surface area contributed by atoms with Gasteiger partial charge in [0.15, 0.2) is 11.6 Å². The first-order chi connectivity index (χ1) is 18.4. The van der Waals surface area contributed by atoms with E-state index in [4.69, 9.17) is 15.2 Å². The molecular weight excluding hydrogens is 484 g/mol. The van der Waals surface area contributed by atoms with Crippen molar-refractivity contribution in [1.82, 2.24) is 0 Å². The summed E-state index contributed by atoms with van der Waals surface area (Å²) in [5.74, 6) is -2.76. The fourth-order valence-electron chi connectivity index (χ4n) is 5.69. The highest BCUT2D eigenvalue weighted by atomic mass is 19.2. The Morgan fingerprint density at radius 2 is 1.37 bits per heavy atom. The van der Waals surface area contributed by atoms with Gasteiger partial charge in [0, 0.05) is 11.5 Å². The lowest BCUT2D eigenvalue weighted by atomic mass is 9.77. The Balaban J connectivity index is 1.59. The molecule has 1 heterocycles. The third-order valence-corrected chi connectivity index (χ3v) is 7.59. The molecule has 0 amide bonds. The maximum atomic E-state index is 14.8. The standard InChI is InChI=1S/C32H31F2NO3/c1-22(30-27(20-36)31(35,21-37-30)26-18-11-19-28(33)29(26)34)38-32(23-12-5-2-6-13-23,24-14-7-3-8-15-24)25-16-9-4-10-17-25/h2-19,22,27,30,36H,20-21,35H2,1H3/t22-,27?,30?,31?/m1/s1. The molecule has 0 spiro atoms. The molecule has 3 N–H and O–H groups in total. The van der Waals surface area contributed by atoms with E-state index in [0.717, 1.165) is 22.8 Å². The Hall–Kier alpha value is -3.42. The molecule has 6 heteroatoms. The zero-order valence-corrected chi connectivity index (χ0v) is 21.1. The van der Waals surface area contributed by atoms with E-state index in [0.29, 0.717) is 0 Å². The van der Waals surface area contributed by atoms with Crippen molar-refractivity contribution in [2.75, 3.05) is 13.2 Å². The van der Waals surface area contributed by atoms with E-state index in [2.05, 4.69) is 0 Å². The van der Waals surface area contributed by atoms with Gasteiger partial charge >= 0.3 is 0 Å². The van der Waals surface area contributed by atoms with Crippen molar-refractivity contribution >= 4 is 0 Å². The number of hydrogen-bond donors (Lipinski definition) is 2. The van der Waals surface area contributed by atoms with Gasteiger partial charge in [0.1, 0.15) is 5.60 Å². The van der Waals surface area contributed by atoms with Gasteiger partial charge in [-0.15, -0.1) is 0 Å². The molecule has 1 fully saturated rings. The van der Waals surface area contributed by atoms with Gasteiger partial charge in [-0.1, -0.05) is 103 Å². The van der Waals surface area contributed by atoms with E-state index >= 15 is 0 Å². The summed E-state index contributed by atoms with van der Waals surface area (Å²) in [5.41, 5.74) is 6.96. The number of aliphatic hydroxyl groups is 1. The minimum Gasteiger partial charge on any atom is -0.396 e. The molecule has 4 nitrogen and oxygen atoms in total. The first-order valence-electron chi connectivity index (χ1n) is 12.7. The summed E-state index contributed by atoms with van der Waals surface area (Å²) in [4.78, 5) is 0. The average molecular weight is 516 g/mol. The zero-order valence-electron chi connectivity index (χ0n) is 21.1. The van der Waals surface area contributed by atoms with E-state index in [1.54, 1.807) is 0 Å². The van der Waals surface area contributed by atoms with E-state index < -0.39 is 40.9 Å². The van der Waals surface area contributed by atoms with Gasteiger partial charge in [0.05, 0.1) is 31.0 Å². The Morgan fingerprint density at radius 1 is 0.868 bits per heavy atom. The summed E-state index contributed by atoms with van der Waals surface area (Å²) in [7, 11) is 0. The number of benzene rings is 4. The molecule has 1 saturated heterocycles. The summed E-state index contributed by atoms with van der Waals surface area (Å²) in [5, 5.41) is 10.5. The molecular formula is C32H31F2NO3. The molecule has 38 heavy (non-hydrogen) atoms. The number of aliphatic hydroxyl groups excluding tert-OH is 1. The minimum absolute atomic E-state index is 0.0216. The van der Waals surface area contributed by atoms with Crippen LogP contribution in [0.1, 0.15) is 29.2 Å². The predicted octanol–water partition coefficient (Wildman–Crippen LogP) is 5.52. The lowest BCUT2D eigenvalue weighted by Crippen LogP contribution is -2.50. The van der Waals surface area contributed by atoms with Crippen molar-refractivity contribution < 1.29 is 23.4 Å². The van der Waals surface area contributed by atoms with Gasteiger partial charge in [0.25, 0.3) is 0 Å². The molecule has 4 aromatic rings.